The van der Waals surface area contributed by atoms with Crippen LogP contribution in [0.5, 0.6) is 5.75 Å². The van der Waals surface area contributed by atoms with E-state index in [4.69, 9.17) is 4.74 Å². The second kappa shape index (κ2) is 13.7. The van der Waals surface area contributed by atoms with E-state index in [1.54, 1.807) is 24.3 Å². The average molecular weight is 443 g/mol. The molecule has 172 valence electrons. The molecule has 2 rings (SSSR count). The van der Waals surface area contributed by atoms with E-state index in [0.717, 1.165) is 32.1 Å². The van der Waals surface area contributed by atoms with E-state index in [2.05, 4.69) is 25.0 Å². The van der Waals surface area contributed by atoms with E-state index in [-0.39, 0.29) is 30.0 Å². The molecule has 1 saturated carbocycles. The van der Waals surface area contributed by atoms with Gasteiger partial charge in [-0.15, -0.1) is 6.58 Å². The molecule has 1 aromatic carbocycles. The largest absolute Gasteiger partial charge is 0.490 e. The number of hydrogen-bond donors (Lipinski definition) is 0. The highest BCUT2D eigenvalue weighted by Crippen LogP contribution is 2.38. The van der Waals surface area contributed by atoms with Crippen molar-refractivity contribution in [3.05, 3.63) is 78.2 Å². The first kappa shape index (κ1) is 25.6. The molecule has 1 aliphatic carbocycles. The van der Waals surface area contributed by atoms with Crippen LogP contribution in [0.4, 0.5) is 13.2 Å². The van der Waals surface area contributed by atoms with Crippen LogP contribution >= 0.6 is 0 Å². The Morgan fingerprint density at radius 1 is 1.16 bits per heavy atom. The first-order chi connectivity index (χ1) is 15.5. The lowest BCUT2D eigenvalue weighted by Crippen LogP contribution is -2.14. The predicted octanol–water partition coefficient (Wildman–Crippen LogP) is 8.35. The van der Waals surface area contributed by atoms with E-state index in [9.17, 15) is 13.2 Å². The molecule has 0 saturated heterocycles. The van der Waals surface area contributed by atoms with Gasteiger partial charge < -0.3 is 4.74 Å². The zero-order chi connectivity index (χ0) is 23.3. The third-order valence-electron chi connectivity index (χ3n) is 5.66. The molecular formula is C28H33F3O. The standard InChI is InChI=1S/C28H33F3O/c1-4-7-20-32-26-19-18-24(27(30)28(26)31)22-16-14-21(15-17-22)12-8-9-13-25(29)23(10-5-2)11-6-3/h4-5,10,13,18-19,21-22H,1-2,6-7,9,11,14-17,20H2,3H3/b23-10-,25-13+. The van der Waals surface area contributed by atoms with Crippen molar-refractivity contribution in [3.8, 4) is 17.6 Å². The maximum absolute atomic E-state index is 14.6. The molecule has 0 radical (unpaired) electrons. The summed E-state index contributed by atoms with van der Waals surface area (Å²) in [5.41, 5.74) is 1.06. The monoisotopic (exact) mass is 442 g/mol. The highest BCUT2D eigenvalue weighted by atomic mass is 19.2. The van der Waals surface area contributed by atoms with Crippen molar-refractivity contribution >= 4 is 0 Å². The summed E-state index contributed by atoms with van der Waals surface area (Å²) < 4.78 is 48.5. The second-order valence-electron chi connectivity index (χ2n) is 8.01. The Bertz CT molecular complexity index is 893. The van der Waals surface area contributed by atoms with Gasteiger partial charge in [-0.2, -0.15) is 4.39 Å². The molecule has 0 aromatic heterocycles. The third kappa shape index (κ3) is 7.48. The molecule has 0 spiro atoms. The van der Waals surface area contributed by atoms with Gasteiger partial charge in [0.05, 0.1) is 6.61 Å². The van der Waals surface area contributed by atoms with Crippen LogP contribution in [0.2, 0.25) is 0 Å². The van der Waals surface area contributed by atoms with Crippen molar-refractivity contribution in [1.29, 1.82) is 0 Å². The maximum Gasteiger partial charge on any atom is 0.200 e. The zero-order valence-electron chi connectivity index (χ0n) is 18.9. The van der Waals surface area contributed by atoms with Crippen LogP contribution in [0.1, 0.15) is 69.8 Å². The molecule has 0 N–H and O–H groups in total. The van der Waals surface area contributed by atoms with Gasteiger partial charge in [-0.05, 0) is 67.7 Å². The molecule has 1 aromatic rings. The summed E-state index contributed by atoms with van der Waals surface area (Å²) in [6.07, 6.45) is 12.1. The number of ether oxygens (including phenoxy) is 1. The quantitative estimate of drug-likeness (QED) is 0.153. The number of allylic oxidation sites excluding steroid dienone is 5. The molecule has 32 heavy (non-hydrogen) atoms. The minimum Gasteiger partial charge on any atom is -0.490 e. The first-order valence-corrected chi connectivity index (χ1v) is 11.4. The van der Waals surface area contributed by atoms with E-state index in [0.29, 0.717) is 30.4 Å². The van der Waals surface area contributed by atoms with Crippen LogP contribution in [-0.4, -0.2) is 6.61 Å². The molecular weight excluding hydrogens is 409 g/mol. The van der Waals surface area contributed by atoms with E-state index < -0.39 is 11.6 Å². The van der Waals surface area contributed by atoms with Crippen molar-refractivity contribution in [3.63, 3.8) is 0 Å². The van der Waals surface area contributed by atoms with E-state index in [1.165, 1.54) is 12.1 Å². The van der Waals surface area contributed by atoms with Crippen LogP contribution < -0.4 is 4.74 Å². The summed E-state index contributed by atoms with van der Waals surface area (Å²) in [5.74, 6) is 4.42. The average Bonchev–Trinajstić information content (AvgIpc) is 2.80. The summed E-state index contributed by atoms with van der Waals surface area (Å²) in [5, 5.41) is 0. The summed E-state index contributed by atoms with van der Waals surface area (Å²) >= 11 is 0. The summed E-state index contributed by atoms with van der Waals surface area (Å²) in [4.78, 5) is 0. The minimum atomic E-state index is -0.921. The molecule has 4 heteroatoms. The lowest BCUT2D eigenvalue weighted by molar-refractivity contribution is 0.298. The fraction of sp³-hybridized carbons (Fsp3) is 0.429. The van der Waals surface area contributed by atoms with Gasteiger partial charge in [0, 0.05) is 12.3 Å². The first-order valence-electron chi connectivity index (χ1n) is 11.4. The van der Waals surface area contributed by atoms with Crippen molar-refractivity contribution in [2.24, 2.45) is 5.92 Å². The van der Waals surface area contributed by atoms with Gasteiger partial charge in [-0.1, -0.05) is 56.1 Å². The van der Waals surface area contributed by atoms with E-state index >= 15 is 0 Å². The fourth-order valence-electron chi connectivity index (χ4n) is 3.94. The molecule has 1 aliphatic rings. The fourth-order valence-corrected chi connectivity index (χ4v) is 3.94. The molecule has 0 unspecified atom stereocenters. The Kier molecular flexibility index (Phi) is 10.9. The Morgan fingerprint density at radius 3 is 2.56 bits per heavy atom. The molecule has 1 fully saturated rings. The lowest BCUT2D eigenvalue weighted by atomic mass is 9.78. The van der Waals surface area contributed by atoms with Crippen LogP contribution in [-0.2, 0) is 0 Å². The van der Waals surface area contributed by atoms with Crippen LogP contribution in [0, 0.1) is 29.4 Å². The molecule has 0 heterocycles. The zero-order valence-corrected chi connectivity index (χ0v) is 18.9. The number of hydrogen-bond acceptors (Lipinski definition) is 1. The molecule has 0 bridgehead atoms. The number of rotatable bonds is 10. The minimum absolute atomic E-state index is 0.0252. The highest BCUT2D eigenvalue weighted by Gasteiger charge is 2.26. The third-order valence-corrected chi connectivity index (χ3v) is 5.66. The molecule has 0 atom stereocenters. The Labute approximate surface area is 190 Å². The van der Waals surface area contributed by atoms with Crippen molar-refractivity contribution < 1.29 is 17.9 Å². The summed E-state index contributed by atoms with van der Waals surface area (Å²) in [7, 11) is 0. The second-order valence-corrected chi connectivity index (χ2v) is 8.01. The van der Waals surface area contributed by atoms with Crippen molar-refractivity contribution in [2.75, 3.05) is 6.61 Å². The van der Waals surface area contributed by atoms with Crippen molar-refractivity contribution in [1.82, 2.24) is 0 Å². The lowest BCUT2D eigenvalue weighted by Gasteiger charge is -2.26. The Balaban J connectivity index is 1.91. The SMILES string of the molecule is C=C/C=C(CCC)\C(F)=C/CC#CC1CCC(c2ccc(OCCC=C)c(F)c2F)CC1. The van der Waals surface area contributed by atoms with Crippen molar-refractivity contribution in [2.45, 2.75) is 64.2 Å². The van der Waals surface area contributed by atoms with Crippen LogP contribution in [0.15, 0.2) is 61.0 Å². The topological polar surface area (TPSA) is 9.23 Å². The van der Waals surface area contributed by atoms with Gasteiger partial charge in [-0.25, -0.2) is 8.78 Å². The normalized spacial score (nSPS) is 19.1. The van der Waals surface area contributed by atoms with Gasteiger partial charge in [0.2, 0.25) is 5.82 Å². The van der Waals surface area contributed by atoms with E-state index in [1.807, 2.05) is 6.92 Å². The van der Waals surface area contributed by atoms with Crippen LogP contribution in [0.25, 0.3) is 0 Å². The molecule has 0 aliphatic heterocycles. The molecule has 0 amide bonds. The van der Waals surface area contributed by atoms with Gasteiger partial charge in [0.25, 0.3) is 0 Å². The summed E-state index contributed by atoms with van der Waals surface area (Å²) in [6.45, 7) is 9.49. The number of halogens is 3. The molecule has 1 nitrogen and oxygen atoms in total. The van der Waals surface area contributed by atoms with Gasteiger partial charge >= 0.3 is 0 Å². The van der Waals surface area contributed by atoms with Gasteiger partial charge in [0.1, 0.15) is 5.83 Å². The smallest absolute Gasteiger partial charge is 0.200 e. The summed E-state index contributed by atoms with van der Waals surface area (Å²) in [6, 6.07) is 3.15. The Morgan fingerprint density at radius 2 is 1.91 bits per heavy atom. The van der Waals surface area contributed by atoms with Crippen LogP contribution in [0.3, 0.4) is 0 Å². The predicted molar refractivity (Wildman–Crippen MR) is 126 cm³/mol. The maximum atomic E-state index is 14.6. The number of benzene rings is 1. The Hall–Kier alpha value is -2.67. The van der Waals surface area contributed by atoms with Gasteiger partial charge in [-0.3, -0.25) is 0 Å². The van der Waals surface area contributed by atoms with Gasteiger partial charge in [0.15, 0.2) is 11.6 Å². The highest BCUT2D eigenvalue weighted by molar-refractivity contribution is 5.34.